The monoisotopic (exact) mass is 216 g/mol. The first-order valence-corrected chi connectivity index (χ1v) is 6.19. The van der Waals surface area contributed by atoms with Gasteiger partial charge in [-0.1, -0.05) is 37.6 Å². The third-order valence-electron chi connectivity index (χ3n) is 2.46. The van der Waals surface area contributed by atoms with Crippen molar-refractivity contribution in [1.29, 1.82) is 0 Å². The zero-order valence-electron chi connectivity index (χ0n) is 8.86. The van der Waals surface area contributed by atoms with Crippen LogP contribution in [0.15, 0.2) is 29.6 Å². The van der Waals surface area contributed by atoms with E-state index in [0.29, 0.717) is 0 Å². The Kier molecular flexibility index (Phi) is 3.51. The minimum Gasteiger partial charge on any atom is -0.233 e. The Bertz CT molecular complexity index is 389. The van der Waals surface area contributed by atoms with E-state index in [1.165, 1.54) is 41.7 Å². The van der Waals surface area contributed by atoms with E-state index in [9.17, 15) is 0 Å². The third kappa shape index (κ3) is 2.66. The van der Waals surface area contributed by atoms with Crippen LogP contribution in [0, 0.1) is 5.51 Å². The highest BCUT2D eigenvalue weighted by atomic mass is 32.1. The standard InChI is InChI=1S/C13H14NS/c1-2-3-4-11-5-7-12(8-6-11)13-9-15-10-14-13/h5-9H,2-4H2,1H3. The summed E-state index contributed by atoms with van der Waals surface area (Å²) in [4.78, 5) is 4.17. The van der Waals surface area contributed by atoms with Crippen molar-refractivity contribution < 1.29 is 0 Å². The molecule has 77 valence electrons. The molecule has 0 aliphatic heterocycles. The van der Waals surface area contributed by atoms with Crippen molar-refractivity contribution in [2.45, 2.75) is 26.2 Å². The quantitative estimate of drug-likeness (QED) is 0.754. The SMILES string of the molecule is CCCCc1ccc(-c2cs[c]n2)cc1. The van der Waals surface area contributed by atoms with Crippen LogP contribution in [0.2, 0.25) is 0 Å². The number of aryl methyl sites for hydroxylation is 1. The minimum atomic E-state index is 1.03. The van der Waals surface area contributed by atoms with E-state index >= 15 is 0 Å². The first-order chi connectivity index (χ1) is 7.40. The number of aromatic nitrogens is 1. The summed E-state index contributed by atoms with van der Waals surface area (Å²) in [5, 5.41) is 2.03. The minimum absolute atomic E-state index is 1.03. The zero-order chi connectivity index (χ0) is 10.5. The van der Waals surface area contributed by atoms with Gasteiger partial charge in [-0.2, -0.15) is 0 Å². The molecule has 0 spiro atoms. The van der Waals surface area contributed by atoms with Gasteiger partial charge < -0.3 is 0 Å². The van der Waals surface area contributed by atoms with E-state index in [1.54, 1.807) is 0 Å². The summed E-state index contributed by atoms with van der Waals surface area (Å²) in [5.74, 6) is 0. The molecule has 2 aromatic rings. The van der Waals surface area contributed by atoms with Gasteiger partial charge in [0.25, 0.3) is 0 Å². The lowest BCUT2D eigenvalue weighted by atomic mass is 10.1. The van der Waals surface area contributed by atoms with Crippen LogP contribution in [0.1, 0.15) is 25.3 Å². The van der Waals surface area contributed by atoms with Gasteiger partial charge in [-0.15, -0.1) is 11.3 Å². The van der Waals surface area contributed by atoms with Crippen molar-refractivity contribution in [3.63, 3.8) is 0 Å². The van der Waals surface area contributed by atoms with Gasteiger partial charge in [0.05, 0.1) is 5.69 Å². The summed E-state index contributed by atoms with van der Waals surface area (Å²) in [6.07, 6.45) is 3.70. The van der Waals surface area contributed by atoms with E-state index in [-0.39, 0.29) is 0 Å². The topological polar surface area (TPSA) is 12.9 Å². The maximum Gasteiger partial charge on any atom is 0.152 e. The summed E-state index contributed by atoms with van der Waals surface area (Å²) in [6.45, 7) is 2.22. The molecule has 1 heterocycles. The molecule has 2 rings (SSSR count). The lowest BCUT2D eigenvalue weighted by Crippen LogP contribution is -1.84. The Morgan fingerprint density at radius 1 is 1.27 bits per heavy atom. The fourth-order valence-corrected chi connectivity index (χ4v) is 2.04. The van der Waals surface area contributed by atoms with Crippen LogP contribution in [0.4, 0.5) is 0 Å². The van der Waals surface area contributed by atoms with Crippen molar-refractivity contribution in [2.24, 2.45) is 0 Å². The molecule has 0 saturated carbocycles. The second-order valence-corrected chi connectivity index (χ2v) is 4.28. The Morgan fingerprint density at radius 3 is 2.67 bits per heavy atom. The van der Waals surface area contributed by atoms with Gasteiger partial charge in [0, 0.05) is 10.9 Å². The Labute approximate surface area is 94.8 Å². The van der Waals surface area contributed by atoms with E-state index in [0.717, 1.165) is 5.69 Å². The number of unbranched alkanes of at least 4 members (excludes halogenated alkanes) is 1. The molecule has 0 aliphatic carbocycles. The maximum atomic E-state index is 4.17. The summed E-state index contributed by atoms with van der Waals surface area (Å²) < 4.78 is 0. The summed E-state index contributed by atoms with van der Waals surface area (Å²) in [5.41, 5.74) is 6.50. The van der Waals surface area contributed by atoms with Gasteiger partial charge >= 0.3 is 0 Å². The molecule has 1 aromatic carbocycles. The Hall–Kier alpha value is -1.15. The smallest absolute Gasteiger partial charge is 0.152 e. The second kappa shape index (κ2) is 5.08. The van der Waals surface area contributed by atoms with Gasteiger partial charge in [-0.05, 0) is 18.4 Å². The summed E-state index contributed by atoms with van der Waals surface area (Å²) in [6, 6.07) is 8.69. The van der Waals surface area contributed by atoms with Crippen molar-refractivity contribution in [1.82, 2.24) is 4.98 Å². The molecule has 0 amide bonds. The number of thiazole rings is 1. The van der Waals surface area contributed by atoms with E-state index < -0.39 is 0 Å². The molecular formula is C13H14NS. The second-order valence-electron chi connectivity index (χ2n) is 3.62. The Balaban J connectivity index is 2.11. The van der Waals surface area contributed by atoms with Gasteiger partial charge in [0.1, 0.15) is 0 Å². The lowest BCUT2D eigenvalue weighted by molar-refractivity contribution is 0.795. The molecular weight excluding hydrogens is 202 g/mol. The largest absolute Gasteiger partial charge is 0.233 e. The Morgan fingerprint density at radius 2 is 2.07 bits per heavy atom. The fraction of sp³-hybridized carbons (Fsp3) is 0.308. The first kappa shape index (κ1) is 10.4. The lowest BCUT2D eigenvalue weighted by Gasteiger charge is -2.01. The van der Waals surface area contributed by atoms with Gasteiger partial charge in [-0.3, -0.25) is 0 Å². The van der Waals surface area contributed by atoms with Crippen LogP contribution in [0.25, 0.3) is 11.3 Å². The molecule has 0 fully saturated rings. The third-order valence-corrected chi connectivity index (χ3v) is 3.00. The van der Waals surface area contributed by atoms with Crippen LogP contribution in [0.3, 0.4) is 0 Å². The van der Waals surface area contributed by atoms with Crippen molar-refractivity contribution in [2.75, 3.05) is 0 Å². The average Bonchev–Trinajstić information content (AvgIpc) is 2.80. The number of nitrogens with zero attached hydrogens (tertiary/aromatic N) is 1. The first-order valence-electron chi connectivity index (χ1n) is 5.31. The molecule has 0 saturated heterocycles. The number of benzene rings is 1. The molecule has 1 radical (unpaired) electrons. The maximum absolute atomic E-state index is 4.17. The van der Waals surface area contributed by atoms with E-state index in [4.69, 9.17) is 0 Å². The molecule has 1 nitrogen and oxygen atoms in total. The zero-order valence-corrected chi connectivity index (χ0v) is 9.68. The number of hydrogen-bond acceptors (Lipinski definition) is 2. The van der Waals surface area contributed by atoms with Crippen LogP contribution in [-0.2, 0) is 6.42 Å². The number of rotatable bonds is 4. The average molecular weight is 216 g/mol. The number of hydrogen-bond donors (Lipinski definition) is 0. The van der Waals surface area contributed by atoms with Crippen molar-refractivity contribution >= 4 is 11.3 Å². The van der Waals surface area contributed by atoms with Crippen molar-refractivity contribution in [3.05, 3.63) is 40.7 Å². The van der Waals surface area contributed by atoms with Crippen LogP contribution >= 0.6 is 11.3 Å². The fourth-order valence-electron chi connectivity index (χ4n) is 1.54. The molecule has 0 atom stereocenters. The molecule has 0 N–H and O–H groups in total. The predicted molar refractivity (Wildman–Crippen MR) is 65.0 cm³/mol. The van der Waals surface area contributed by atoms with E-state index in [2.05, 4.69) is 41.7 Å². The van der Waals surface area contributed by atoms with Gasteiger partial charge in [0.15, 0.2) is 5.51 Å². The molecule has 0 bridgehead atoms. The highest BCUT2D eigenvalue weighted by Crippen LogP contribution is 2.19. The van der Waals surface area contributed by atoms with E-state index in [1.807, 2.05) is 5.38 Å². The highest BCUT2D eigenvalue weighted by molar-refractivity contribution is 7.07. The molecule has 1 aromatic heterocycles. The normalized spacial score (nSPS) is 10.5. The van der Waals surface area contributed by atoms with Crippen molar-refractivity contribution in [3.8, 4) is 11.3 Å². The van der Waals surface area contributed by atoms with Crippen LogP contribution in [-0.4, -0.2) is 4.98 Å². The van der Waals surface area contributed by atoms with Crippen LogP contribution < -0.4 is 0 Å². The van der Waals surface area contributed by atoms with Crippen LogP contribution in [0.5, 0.6) is 0 Å². The van der Waals surface area contributed by atoms with Gasteiger partial charge in [-0.25, -0.2) is 4.98 Å². The summed E-state index contributed by atoms with van der Waals surface area (Å²) in [7, 11) is 0. The highest BCUT2D eigenvalue weighted by Gasteiger charge is 1.99. The molecule has 0 aliphatic rings. The summed E-state index contributed by atoms with van der Waals surface area (Å²) >= 11 is 1.52. The van der Waals surface area contributed by atoms with Gasteiger partial charge in [0.2, 0.25) is 0 Å². The predicted octanol–water partition coefficient (Wildman–Crippen LogP) is 3.95. The molecule has 15 heavy (non-hydrogen) atoms. The molecule has 2 heteroatoms. The molecule has 0 unspecified atom stereocenters.